The van der Waals surface area contributed by atoms with E-state index in [1.807, 2.05) is 85.8 Å². The van der Waals surface area contributed by atoms with Crippen LogP contribution in [0.5, 0.6) is 11.5 Å². The summed E-state index contributed by atoms with van der Waals surface area (Å²) in [5.74, 6) is 1.77. The van der Waals surface area contributed by atoms with E-state index in [0.717, 1.165) is 41.0 Å². The van der Waals surface area contributed by atoms with Gasteiger partial charge in [-0.05, 0) is 55.7 Å². The summed E-state index contributed by atoms with van der Waals surface area (Å²) in [6.07, 6.45) is 3.31. The molecule has 0 bridgehead atoms. The first-order valence-electron chi connectivity index (χ1n) is 11.2. The van der Waals surface area contributed by atoms with Gasteiger partial charge in [0.15, 0.2) is 5.75 Å². The van der Waals surface area contributed by atoms with Gasteiger partial charge in [0, 0.05) is 29.2 Å². The second-order valence-electron chi connectivity index (χ2n) is 8.42. The Labute approximate surface area is 198 Å². The number of aryl methyl sites for hydroxylation is 1. The normalized spacial score (nSPS) is 13.7. The Balaban J connectivity index is 1.38. The van der Waals surface area contributed by atoms with E-state index in [-0.39, 0.29) is 5.97 Å². The summed E-state index contributed by atoms with van der Waals surface area (Å²) in [6, 6.07) is 25.3. The van der Waals surface area contributed by atoms with Gasteiger partial charge in [0.05, 0.1) is 12.5 Å². The fourth-order valence-electron chi connectivity index (χ4n) is 4.07. The van der Waals surface area contributed by atoms with Gasteiger partial charge in [0.25, 0.3) is 0 Å². The van der Waals surface area contributed by atoms with Crippen molar-refractivity contribution in [3.05, 3.63) is 96.3 Å². The van der Waals surface area contributed by atoms with E-state index in [0.29, 0.717) is 17.3 Å². The molecule has 0 atom stereocenters. The van der Waals surface area contributed by atoms with Crippen molar-refractivity contribution in [3.8, 4) is 22.8 Å². The highest BCUT2D eigenvalue weighted by molar-refractivity contribution is 5.87. The van der Waals surface area contributed by atoms with Crippen molar-refractivity contribution < 1.29 is 14.3 Å². The van der Waals surface area contributed by atoms with Crippen LogP contribution in [0, 0.1) is 6.92 Å². The van der Waals surface area contributed by atoms with Gasteiger partial charge in [-0.2, -0.15) is 0 Å². The molecule has 2 heterocycles. The Morgan fingerprint density at radius 1 is 0.971 bits per heavy atom. The standard InChI is InChI=1S/C28H25N3O3/c1-19-11-12-24(26(30-19)20-7-4-3-5-8-20)34-23-13-16-29-25(18-23)31-22-10-6-9-21(17-22)28(14-15-28)27(32)33-2/h3-13,16-18H,14-15H2,1-2H3,(H,29,31). The maximum absolute atomic E-state index is 12.3. The number of methoxy groups -OCH3 is 1. The summed E-state index contributed by atoms with van der Waals surface area (Å²) in [6.45, 7) is 1.96. The van der Waals surface area contributed by atoms with E-state index in [1.54, 1.807) is 6.20 Å². The van der Waals surface area contributed by atoms with E-state index in [2.05, 4.69) is 10.3 Å². The largest absolute Gasteiger partial charge is 0.468 e. The Hall–Kier alpha value is -4.19. The van der Waals surface area contributed by atoms with Crippen LogP contribution in [0.15, 0.2) is 85.1 Å². The zero-order chi connectivity index (χ0) is 23.5. The fraction of sp³-hybridized carbons (Fsp3) is 0.179. The second kappa shape index (κ2) is 8.98. The van der Waals surface area contributed by atoms with Gasteiger partial charge in [0.2, 0.25) is 0 Å². The van der Waals surface area contributed by atoms with Gasteiger partial charge in [-0.25, -0.2) is 9.97 Å². The molecule has 5 rings (SSSR count). The molecule has 6 nitrogen and oxygen atoms in total. The number of esters is 1. The molecule has 0 radical (unpaired) electrons. The number of rotatable bonds is 7. The van der Waals surface area contributed by atoms with Crippen LogP contribution < -0.4 is 10.1 Å². The molecule has 4 aromatic rings. The number of nitrogens with one attached hydrogen (secondary N) is 1. The maximum Gasteiger partial charge on any atom is 0.316 e. The summed E-state index contributed by atoms with van der Waals surface area (Å²) >= 11 is 0. The number of aromatic nitrogens is 2. The minimum atomic E-state index is -0.517. The number of anilines is 2. The average molecular weight is 452 g/mol. The van der Waals surface area contributed by atoms with Crippen molar-refractivity contribution >= 4 is 17.5 Å². The van der Waals surface area contributed by atoms with Gasteiger partial charge in [-0.15, -0.1) is 0 Å². The monoisotopic (exact) mass is 451 g/mol. The molecule has 2 aromatic carbocycles. The SMILES string of the molecule is COC(=O)C1(c2cccc(Nc3cc(Oc4ccc(C)nc4-c4ccccc4)ccn3)c2)CC1. The predicted octanol–water partition coefficient (Wildman–Crippen LogP) is 6.19. The summed E-state index contributed by atoms with van der Waals surface area (Å²) in [5.41, 5.74) is 3.98. The number of nitrogens with zero attached hydrogens (tertiary/aromatic N) is 2. The molecular formula is C28H25N3O3. The Morgan fingerprint density at radius 3 is 2.56 bits per heavy atom. The Bertz CT molecular complexity index is 1330. The third-order valence-corrected chi connectivity index (χ3v) is 6.02. The molecule has 1 N–H and O–H groups in total. The van der Waals surface area contributed by atoms with Crippen LogP contribution in [0.1, 0.15) is 24.1 Å². The van der Waals surface area contributed by atoms with Crippen LogP contribution in [0.4, 0.5) is 11.5 Å². The third kappa shape index (κ3) is 4.35. The topological polar surface area (TPSA) is 73.3 Å². The number of carbonyl (C=O) groups excluding carboxylic acids is 1. The molecule has 0 aliphatic heterocycles. The molecule has 170 valence electrons. The lowest BCUT2D eigenvalue weighted by molar-refractivity contribution is -0.143. The lowest BCUT2D eigenvalue weighted by atomic mass is 9.95. The number of hydrogen-bond acceptors (Lipinski definition) is 6. The molecular weight excluding hydrogens is 426 g/mol. The van der Waals surface area contributed by atoms with E-state index >= 15 is 0 Å². The predicted molar refractivity (Wildman–Crippen MR) is 131 cm³/mol. The summed E-state index contributed by atoms with van der Waals surface area (Å²) < 4.78 is 11.2. The molecule has 1 aliphatic rings. The second-order valence-corrected chi connectivity index (χ2v) is 8.42. The summed E-state index contributed by atoms with van der Waals surface area (Å²) in [7, 11) is 1.44. The van der Waals surface area contributed by atoms with Crippen LogP contribution in [-0.4, -0.2) is 23.0 Å². The van der Waals surface area contributed by atoms with Crippen molar-refractivity contribution in [1.29, 1.82) is 0 Å². The molecule has 1 aliphatic carbocycles. The zero-order valence-corrected chi connectivity index (χ0v) is 19.1. The Kier molecular flexibility index (Phi) is 5.72. The van der Waals surface area contributed by atoms with Crippen LogP contribution in [-0.2, 0) is 14.9 Å². The minimum Gasteiger partial charge on any atom is -0.468 e. The van der Waals surface area contributed by atoms with Crippen molar-refractivity contribution in [2.45, 2.75) is 25.2 Å². The van der Waals surface area contributed by atoms with E-state index < -0.39 is 5.41 Å². The molecule has 0 unspecified atom stereocenters. The number of ether oxygens (including phenoxy) is 2. The van der Waals surface area contributed by atoms with Crippen molar-refractivity contribution in [3.63, 3.8) is 0 Å². The number of pyridine rings is 2. The first-order chi connectivity index (χ1) is 16.6. The lowest BCUT2D eigenvalue weighted by Crippen LogP contribution is -2.21. The molecule has 2 aromatic heterocycles. The van der Waals surface area contributed by atoms with Crippen molar-refractivity contribution in [2.24, 2.45) is 0 Å². The third-order valence-electron chi connectivity index (χ3n) is 6.02. The van der Waals surface area contributed by atoms with E-state index in [1.165, 1.54) is 7.11 Å². The number of benzene rings is 2. The number of carbonyl (C=O) groups is 1. The lowest BCUT2D eigenvalue weighted by Gasteiger charge is -2.15. The maximum atomic E-state index is 12.3. The number of hydrogen-bond donors (Lipinski definition) is 1. The fourth-order valence-corrected chi connectivity index (χ4v) is 4.07. The molecule has 6 heteroatoms. The van der Waals surface area contributed by atoms with E-state index in [4.69, 9.17) is 14.5 Å². The van der Waals surface area contributed by atoms with Crippen molar-refractivity contribution in [2.75, 3.05) is 12.4 Å². The molecule has 1 fully saturated rings. The molecule has 0 amide bonds. The van der Waals surface area contributed by atoms with Crippen LogP contribution in [0.25, 0.3) is 11.3 Å². The van der Waals surface area contributed by atoms with Gasteiger partial charge in [0.1, 0.15) is 17.3 Å². The Morgan fingerprint density at radius 2 is 1.79 bits per heavy atom. The van der Waals surface area contributed by atoms with Gasteiger partial charge in [-0.1, -0.05) is 42.5 Å². The molecule has 34 heavy (non-hydrogen) atoms. The average Bonchev–Trinajstić information content (AvgIpc) is 3.68. The first kappa shape index (κ1) is 21.6. The van der Waals surface area contributed by atoms with Gasteiger partial charge < -0.3 is 14.8 Å². The minimum absolute atomic E-state index is 0.181. The zero-order valence-electron chi connectivity index (χ0n) is 19.1. The molecule has 0 spiro atoms. The summed E-state index contributed by atoms with van der Waals surface area (Å²) in [4.78, 5) is 21.4. The van der Waals surface area contributed by atoms with Crippen molar-refractivity contribution in [1.82, 2.24) is 9.97 Å². The van der Waals surface area contributed by atoms with Gasteiger partial charge in [-0.3, -0.25) is 4.79 Å². The summed E-state index contributed by atoms with van der Waals surface area (Å²) in [5, 5.41) is 3.32. The van der Waals surface area contributed by atoms with Crippen LogP contribution in [0.2, 0.25) is 0 Å². The molecule has 1 saturated carbocycles. The highest BCUT2D eigenvalue weighted by Crippen LogP contribution is 2.49. The quantitative estimate of drug-likeness (QED) is 0.338. The first-order valence-corrected chi connectivity index (χ1v) is 11.2. The van der Waals surface area contributed by atoms with Gasteiger partial charge >= 0.3 is 5.97 Å². The van der Waals surface area contributed by atoms with Crippen LogP contribution >= 0.6 is 0 Å². The smallest absolute Gasteiger partial charge is 0.316 e. The highest BCUT2D eigenvalue weighted by Gasteiger charge is 2.52. The highest BCUT2D eigenvalue weighted by atomic mass is 16.5. The van der Waals surface area contributed by atoms with Crippen LogP contribution in [0.3, 0.4) is 0 Å². The van der Waals surface area contributed by atoms with E-state index in [9.17, 15) is 4.79 Å². The molecule has 0 saturated heterocycles.